The average molecular weight is 355 g/mol. The van der Waals surface area contributed by atoms with Gasteiger partial charge in [0.25, 0.3) is 5.91 Å². The molecule has 0 saturated heterocycles. The number of benzene rings is 1. The smallest absolute Gasteiger partial charge is 0.265 e. The van der Waals surface area contributed by atoms with Crippen molar-refractivity contribution in [3.63, 3.8) is 0 Å². The fraction of sp³-hybridized carbons (Fsp3) is 0.562. The molecule has 0 bridgehead atoms. The summed E-state index contributed by atoms with van der Waals surface area (Å²) in [4.78, 5) is 11.7. The molecule has 0 saturated carbocycles. The van der Waals surface area contributed by atoms with Crippen LogP contribution in [0.15, 0.2) is 18.2 Å². The van der Waals surface area contributed by atoms with Crippen LogP contribution < -0.4 is 20.1 Å². The molecule has 2 unspecified atom stereocenters. The Morgan fingerprint density at radius 3 is 2.79 bits per heavy atom. The molecule has 0 aromatic heterocycles. The maximum absolute atomic E-state index is 11.7. The average Bonchev–Trinajstić information content (AvgIpc) is 2.50. The predicted molar refractivity (Wildman–Crippen MR) is 93.3 cm³/mol. The predicted octanol–water partition coefficient (Wildman–Crippen LogP) is 1.56. The number of ether oxygens (including phenoxy) is 1. The van der Waals surface area contributed by atoms with Gasteiger partial charge in [-0.3, -0.25) is 10.1 Å². The molecule has 3 N–H and O–H groups in total. The topological polar surface area (TPSA) is 96.5 Å². The maximum atomic E-state index is 11.7. The van der Waals surface area contributed by atoms with Crippen molar-refractivity contribution in [1.29, 1.82) is 0 Å². The van der Waals surface area contributed by atoms with Gasteiger partial charge in [0.15, 0.2) is 6.10 Å². The molecule has 2 rings (SSSR count). The van der Waals surface area contributed by atoms with Crippen LogP contribution in [0.2, 0.25) is 0 Å². The summed E-state index contributed by atoms with van der Waals surface area (Å²) in [5, 5.41) is 6.02. The van der Waals surface area contributed by atoms with Gasteiger partial charge < -0.3 is 10.1 Å². The van der Waals surface area contributed by atoms with Gasteiger partial charge in [0.2, 0.25) is 10.0 Å². The number of sulfonamides is 1. The molecule has 1 aliphatic heterocycles. The van der Waals surface area contributed by atoms with Crippen molar-refractivity contribution in [2.45, 2.75) is 51.9 Å². The lowest BCUT2D eigenvalue weighted by molar-refractivity contribution is -0.122. The summed E-state index contributed by atoms with van der Waals surface area (Å²) in [6.45, 7) is 4.24. The molecule has 8 heteroatoms. The normalized spacial score (nSPS) is 18.5. The lowest BCUT2D eigenvalue weighted by atomic mass is 10.1. The van der Waals surface area contributed by atoms with E-state index in [1.165, 1.54) is 0 Å². The van der Waals surface area contributed by atoms with Crippen LogP contribution in [-0.2, 0) is 21.4 Å². The van der Waals surface area contributed by atoms with Gasteiger partial charge in [-0.25, -0.2) is 8.42 Å². The first kappa shape index (κ1) is 18.7. The van der Waals surface area contributed by atoms with E-state index in [2.05, 4.69) is 22.3 Å². The van der Waals surface area contributed by atoms with E-state index < -0.39 is 16.1 Å². The molecule has 134 valence electrons. The van der Waals surface area contributed by atoms with Gasteiger partial charge in [-0.05, 0) is 31.0 Å². The number of amides is 1. The van der Waals surface area contributed by atoms with Gasteiger partial charge in [-0.15, -0.1) is 0 Å². The molecule has 1 aromatic carbocycles. The van der Waals surface area contributed by atoms with Crippen molar-refractivity contribution >= 4 is 21.6 Å². The van der Waals surface area contributed by atoms with Gasteiger partial charge in [-0.1, -0.05) is 25.8 Å². The molecule has 1 aromatic rings. The molecule has 0 radical (unpaired) electrons. The monoisotopic (exact) mass is 355 g/mol. The number of unbranched alkanes of at least 4 members (excludes halogenated alkanes) is 1. The molecule has 1 heterocycles. The second-order valence-corrected chi connectivity index (χ2v) is 7.83. The van der Waals surface area contributed by atoms with E-state index in [1.54, 1.807) is 6.92 Å². The number of rotatable bonds is 8. The Hall–Kier alpha value is -1.64. The Morgan fingerprint density at radius 1 is 1.38 bits per heavy atom. The SMILES string of the molecule is CCCCC(NCc1ccc2c(c1)NC(=O)C(C)O2)NS(C)(=O)=O. The highest BCUT2D eigenvalue weighted by atomic mass is 32.2. The minimum absolute atomic E-state index is 0.174. The number of carbonyl (C=O) groups is 1. The van der Waals surface area contributed by atoms with Gasteiger partial charge in [0.1, 0.15) is 5.75 Å². The van der Waals surface area contributed by atoms with Gasteiger partial charge >= 0.3 is 0 Å². The highest BCUT2D eigenvalue weighted by molar-refractivity contribution is 7.88. The first-order valence-corrected chi connectivity index (χ1v) is 9.98. The quantitative estimate of drug-likeness (QED) is 0.615. The first-order chi connectivity index (χ1) is 11.3. The number of hydrogen-bond acceptors (Lipinski definition) is 5. The van der Waals surface area contributed by atoms with Crippen LogP contribution in [0.1, 0.15) is 38.7 Å². The van der Waals surface area contributed by atoms with Crippen molar-refractivity contribution in [3.8, 4) is 5.75 Å². The van der Waals surface area contributed by atoms with Crippen LogP contribution in [0, 0.1) is 0 Å². The summed E-state index contributed by atoms with van der Waals surface area (Å²) in [5.74, 6) is 0.467. The Morgan fingerprint density at radius 2 is 2.12 bits per heavy atom. The Balaban J connectivity index is 2.01. The fourth-order valence-electron chi connectivity index (χ4n) is 2.48. The van der Waals surface area contributed by atoms with Crippen LogP contribution >= 0.6 is 0 Å². The van der Waals surface area contributed by atoms with E-state index in [0.717, 1.165) is 24.7 Å². The fourth-order valence-corrected chi connectivity index (χ4v) is 3.19. The summed E-state index contributed by atoms with van der Waals surface area (Å²) in [5.41, 5.74) is 1.57. The Labute approximate surface area is 143 Å². The minimum Gasteiger partial charge on any atom is -0.479 e. The zero-order valence-electron chi connectivity index (χ0n) is 14.3. The molecule has 1 amide bonds. The summed E-state index contributed by atoms with van der Waals surface area (Å²) in [7, 11) is -3.28. The van der Waals surface area contributed by atoms with Gasteiger partial charge in [0.05, 0.1) is 18.1 Å². The second-order valence-electron chi connectivity index (χ2n) is 6.05. The summed E-state index contributed by atoms with van der Waals surface area (Å²) in [6, 6.07) is 5.55. The van der Waals surface area contributed by atoms with E-state index in [4.69, 9.17) is 4.74 Å². The van der Waals surface area contributed by atoms with Crippen molar-refractivity contribution in [1.82, 2.24) is 10.0 Å². The maximum Gasteiger partial charge on any atom is 0.265 e. The molecular formula is C16H25N3O4S. The highest BCUT2D eigenvalue weighted by Gasteiger charge is 2.23. The third-order valence-corrected chi connectivity index (χ3v) is 4.44. The zero-order chi connectivity index (χ0) is 17.7. The number of nitrogens with one attached hydrogen (secondary N) is 3. The minimum atomic E-state index is -3.28. The van der Waals surface area contributed by atoms with Crippen LogP contribution in [-0.4, -0.2) is 32.9 Å². The Kier molecular flexibility index (Phi) is 6.20. The summed E-state index contributed by atoms with van der Waals surface area (Å²) < 4.78 is 31.0. The number of hydrogen-bond donors (Lipinski definition) is 3. The first-order valence-electron chi connectivity index (χ1n) is 8.09. The molecule has 2 atom stereocenters. The molecule has 1 aliphatic rings. The van der Waals surface area contributed by atoms with Crippen LogP contribution in [0.3, 0.4) is 0 Å². The van der Waals surface area contributed by atoms with Crippen LogP contribution in [0.4, 0.5) is 5.69 Å². The highest BCUT2D eigenvalue weighted by Crippen LogP contribution is 2.30. The van der Waals surface area contributed by atoms with Gasteiger partial charge in [0, 0.05) is 6.54 Å². The third-order valence-electron chi connectivity index (χ3n) is 3.73. The molecule has 7 nitrogen and oxygen atoms in total. The van der Waals surface area contributed by atoms with Crippen molar-refractivity contribution in [2.24, 2.45) is 0 Å². The summed E-state index contributed by atoms with van der Waals surface area (Å²) in [6.07, 6.45) is 2.96. The van der Waals surface area contributed by atoms with E-state index in [9.17, 15) is 13.2 Å². The molecule has 24 heavy (non-hydrogen) atoms. The van der Waals surface area contributed by atoms with E-state index in [0.29, 0.717) is 24.4 Å². The number of fused-ring (bicyclic) bond motifs is 1. The standard InChI is InChI=1S/C16H25N3O4S/c1-4-5-6-15(19-24(3,21)22)17-10-12-7-8-14-13(9-12)18-16(20)11(2)23-14/h7-9,11,15,17,19H,4-6,10H2,1-3H3,(H,18,20). The van der Waals surface area contributed by atoms with Crippen molar-refractivity contribution < 1.29 is 17.9 Å². The van der Waals surface area contributed by atoms with E-state index in [-0.39, 0.29) is 12.1 Å². The number of anilines is 1. The zero-order valence-corrected chi connectivity index (χ0v) is 15.1. The molecule has 0 spiro atoms. The van der Waals surface area contributed by atoms with Crippen LogP contribution in [0.25, 0.3) is 0 Å². The third kappa shape index (κ3) is 5.47. The van der Waals surface area contributed by atoms with Crippen molar-refractivity contribution in [2.75, 3.05) is 11.6 Å². The molecule has 0 fully saturated rings. The van der Waals surface area contributed by atoms with Crippen LogP contribution in [0.5, 0.6) is 5.75 Å². The molecule has 0 aliphatic carbocycles. The lowest BCUT2D eigenvalue weighted by Gasteiger charge is -2.24. The largest absolute Gasteiger partial charge is 0.479 e. The Bertz CT molecular complexity index is 691. The van der Waals surface area contributed by atoms with Gasteiger partial charge in [-0.2, -0.15) is 4.72 Å². The van der Waals surface area contributed by atoms with Crippen molar-refractivity contribution in [3.05, 3.63) is 23.8 Å². The van der Waals surface area contributed by atoms with E-state index >= 15 is 0 Å². The lowest BCUT2D eigenvalue weighted by Crippen LogP contribution is -2.44. The second kappa shape index (κ2) is 7.96. The summed E-state index contributed by atoms with van der Waals surface area (Å²) >= 11 is 0. The van der Waals surface area contributed by atoms with E-state index in [1.807, 2.05) is 18.2 Å². The molecular weight excluding hydrogens is 330 g/mol. The number of carbonyl (C=O) groups excluding carboxylic acids is 1.